The number of carbonyl (C=O) groups is 1. The number of ether oxygens (including phenoxy) is 3. The van der Waals surface area contributed by atoms with Gasteiger partial charge in [-0.3, -0.25) is 4.90 Å². The van der Waals surface area contributed by atoms with Gasteiger partial charge in [-0.2, -0.15) is 5.10 Å². The molecule has 3 heterocycles. The molecule has 2 aromatic rings. The molecule has 4 atom stereocenters. The molecule has 2 saturated heterocycles. The van der Waals surface area contributed by atoms with Crippen LogP contribution in [0.4, 0.5) is 4.79 Å². The highest BCUT2D eigenvalue weighted by Gasteiger charge is 2.46. The molecule has 0 N–H and O–H groups in total. The third-order valence-electron chi connectivity index (χ3n) is 8.53. The Bertz CT molecular complexity index is 995. The first kappa shape index (κ1) is 25.3. The van der Waals surface area contributed by atoms with E-state index in [0.29, 0.717) is 12.5 Å². The number of nitrogens with zero attached hydrogens (tertiary/aromatic N) is 3. The molecule has 3 fully saturated rings. The molecule has 3 aliphatic rings. The van der Waals surface area contributed by atoms with Crippen LogP contribution in [0.25, 0.3) is 0 Å². The van der Waals surface area contributed by atoms with E-state index in [-0.39, 0.29) is 36.4 Å². The second kappa shape index (κ2) is 11.3. The van der Waals surface area contributed by atoms with Gasteiger partial charge in [-0.1, -0.05) is 30.3 Å². The molecule has 7 nitrogen and oxygen atoms in total. The second-order valence-electron chi connectivity index (χ2n) is 10.8. The van der Waals surface area contributed by atoms with Crippen molar-refractivity contribution in [1.29, 1.82) is 0 Å². The summed E-state index contributed by atoms with van der Waals surface area (Å²) >= 11 is 0. The normalized spacial score (nSPS) is 30.9. The fraction of sp³-hybridized carbons (Fsp3) is 0.655. The van der Waals surface area contributed by atoms with Gasteiger partial charge in [-0.25, -0.2) is 9.48 Å². The van der Waals surface area contributed by atoms with Crippen molar-refractivity contribution in [3.8, 4) is 0 Å². The van der Waals surface area contributed by atoms with Crippen molar-refractivity contribution in [3.05, 3.63) is 53.3 Å². The Morgan fingerprint density at radius 1 is 1.11 bits per heavy atom. The molecule has 7 heteroatoms. The van der Waals surface area contributed by atoms with Crippen LogP contribution in [0.3, 0.4) is 0 Å². The number of benzene rings is 1. The van der Waals surface area contributed by atoms with Crippen molar-refractivity contribution in [3.63, 3.8) is 0 Å². The number of methoxy groups -OCH3 is 1. The zero-order valence-electron chi connectivity index (χ0n) is 22.0. The predicted molar refractivity (Wildman–Crippen MR) is 138 cm³/mol. The first-order valence-electron chi connectivity index (χ1n) is 13.7. The third-order valence-corrected chi connectivity index (χ3v) is 8.53. The maximum atomic E-state index is 12.9. The first-order chi connectivity index (χ1) is 17.6. The number of aromatic nitrogens is 2. The minimum Gasteiger partial charge on any atom is -0.453 e. The molecular weight excluding hydrogens is 454 g/mol. The largest absolute Gasteiger partial charge is 0.453 e. The zero-order chi connectivity index (χ0) is 25.1. The number of hydrogen-bond acceptors (Lipinski definition) is 5. The average molecular weight is 496 g/mol. The summed E-state index contributed by atoms with van der Waals surface area (Å²) in [5.74, 6) is 0.747. The van der Waals surface area contributed by atoms with Crippen molar-refractivity contribution < 1.29 is 19.0 Å². The lowest BCUT2D eigenvalue weighted by molar-refractivity contribution is -0.0430. The van der Waals surface area contributed by atoms with E-state index >= 15 is 0 Å². The molecule has 36 heavy (non-hydrogen) atoms. The SMILES string of the molecule is COC(=O)N1[C@H](C)CC(c2c(C)cnn2C2CCCCO2)[C@@H]1COC1CCC(c2ccccc2)CC1. The molecule has 1 aliphatic carbocycles. The Balaban J connectivity index is 1.31. The highest BCUT2D eigenvalue weighted by Crippen LogP contribution is 2.42. The fourth-order valence-corrected chi connectivity index (χ4v) is 6.66. The van der Waals surface area contributed by atoms with E-state index in [1.165, 1.54) is 18.4 Å². The van der Waals surface area contributed by atoms with Gasteiger partial charge in [-0.15, -0.1) is 0 Å². The Hall–Kier alpha value is -2.38. The lowest BCUT2D eigenvalue weighted by atomic mass is 9.83. The van der Waals surface area contributed by atoms with Crippen LogP contribution in [0.5, 0.6) is 0 Å². The standard InChI is InChI=1S/C29H41N3O4/c1-20-18-30-32(27-11-7-8-16-35-27)28(20)25-17-21(2)31(29(33)34-3)26(25)19-36-24-14-12-23(13-15-24)22-9-5-4-6-10-22/h4-6,9-10,18,21,23-27H,7-8,11-17,19H2,1-3H3/t21-,23?,24?,25?,26+,27?/m1/s1. The Morgan fingerprint density at radius 2 is 1.89 bits per heavy atom. The van der Waals surface area contributed by atoms with Gasteiger partial charge in [0.1, 0.15) is 6.23 Å². The fourth-order valence-electron chi connectivity index (χ4n) is 6.66. The van der Waals surface area contributed by atoms with Crippen molar-refractivity contribution >= 4 is 6.09 Å². The molecule has 0 spiro atoms. The van der Waals surface area contributed by atoms with Gasteiger partial charge >= 0.3 is 6.09 Å². The lowest BCUT2D eigenvalue weighted by Crippen LogP contribution is -2.44. The summed E-state index contributed by atoms with van der Waals surface area (Å²) in [4.78, 5) is 14.8. The van der Waals surface area contributed by atoms with Gasteiger partial charge in [0, 0.05) is 24.3 Å². The molecule has 1 saturated carbocycles. The molecule has 2 aliphatic heterocycles. The maximum Gasteiger partial charge on any atom is 0.410 e. The highest BCUT2D eigenvalue weighted by molar-refractivity contribution is 5.69. The Morgan fingerprint density at radius 3 is 2.58 bits per heavy atom. The zero-order valence-corrected chi connectivity index (χ0v) is 22.0. The van der Waals surface area contributed by atoms with Crippen LogP contribution >= 0.6 is 0 Å². The summed E-state index contributed by atoms with van der Waals surface area (Å²) in [5, 5.41) is 4.74. The summed E-state index contributed by atoms with van der Waals surface area (Å²) in [6, 6.07) is 10.8. The van der Waals surface area contributed by atoms with Gasteiger partial charge < -0.3 is 14.2 Å². The number of rotatable bonds is 6. The van der Waals surface area contributed by atoms with Crippen LogP contribution in [-0.4, -0.2) is 59.3 Å². The first-order valence-corrected chi connectivity index (χ1v) is 13.7. The molecular formula is C29H41N3O4. The van der Waals surface area contributed by atoms with Crippen LogP contribution in [0, 0.1) is 6.92 Å². The summed E-state index contributed by atoms with van der Waals surface area (Å²) in [6.45, 7) is 5.52. The maximum absolute atomic E-state index is 12.9. The number of hydrogen-bond donors (Lipinski definition) is 0. The van der Waals surface area contributed by atoms with Crippen LogP contribution < -0.4 is 0 Å². The van der Waals surface area contributed by atoms with E-state index in [1.807, 2.05) is 11.1 Å². The number of amides is 1. The van der Waals surface area contributed by atoms with E-state index in [2.05, 4.69) is 48.9 Å². The van der Waals surface area contributed by atoms with Gasteiger partial charge in [0.15, 0.2) is 0 Å². The molecule has 196 valence electrons. The smallest absolute Gasteiger partial charge is 0.410 e. The van der Waals surface area contributed by atoms with Crippen LogP contribution in [0.15, 0.2) is 36.5 Å². The number of aryl methyl sites for hydroxylation is 1. The third kappa shape index (κ3) is 5.18. The second-order valence-corrected chi connectivity index (χ2v) is 10.8. The van der Waals surface area contributed by atoms with E-state index in [4.69, 9.17) is 19.3 Å². The van der Waals surface area contributed by atoms with E-state index in [9.17, 15) is 4.79 Å². The van der Waals surface area contributed by atoms with Gasteiger partial charge in [-0.05, 0) is 82.3 Å². The predicted octanol–water partition coefficient (Wildman–Crippen LogP) is 5.95. The quantitative estimate of drug-likeness (QED) is 0.496. The van der Waals surface area contributed by atoms with Crippen LogP contribution in [-0.2, 0) is 14.2 Å². The summed E-state index contributed by atoms with van der Waals surface area (Å²) in [6.07, 6.45) is 10.4. The van der Waals surface area contributed by atoms with Crippen molar-refractivity contribution in [2.24, 2.45) is 0 Å². The topological polar surface area (TPSA) is 65.8 Å². The monoisotopic (exact) mass is 495 g/mol. The summed E-state index contributed by atoms with van der Waals surface area (Å²) < 4.78 is 20.0. The van der Waals surface area contributed by atoms with Crippen molar-refractivity contribution in [2.45, 2.75) is 101 Å². The molecule has 5 rings (SSSR count). The van der Waals surface area contributed by atoms with Crippen LogP contribution in [0.1, 0.15) is 93.2 Å². The Kier molecular flexibility index (Phi) is 7.96. The highest BCUT2D eigenvalue weighted by atomic mass is 16.5. The van der Waals surface area contributed by atoms with Crippen molar-refractivity contribution in [1.82, 2.24) is 14.7 Å². The van der Waals surface area contributed by atoms with Gasteiger partial charge in [0.25, 0.3) is 0 Å². The molecule has 0 radical (unpaired) electrons. The molecule has 0 bridgehead atoms. The molecule has 1 amide bonds. The average Bonchev–Trinajstić information content (AvgIpc) is 3.47. The minimum absolute atomic E-state index is 0.0280. The lowest BCUT2D eigenvalue weighted by Gasteiger charge is -2.34. The van der Waals surface area contributed by atoms with Crippen LogP contribution in [0.2, 0.25) is 0 Å². The van der Waals surface area contributed by atoms with E-state index in [1.54, 1.807) is 0 Å². The Labute approximate surface area is 215 Å². The van der Waals surface area contributed by atoms with Crippen molar-refractivity contribution in [2.75, 3.05) is 20.3 Å². The molecule has 1 aromatic carbocycles. The van der Waals surface area contributed by atoms with Gasteiger partial charge in [0.05, 0.1) is 32.1 Å². The van der Waals surface area contributed by atoms with E-state index < -0.39 is 0 Å². The molecule has 2 unspecified atom stereocenters. The minimum atomic E-state index is -0.274. The number of carbonyl (C=O) groups excluding carboxylic acids is 1. The number of likely N-dealkylation sites (tertiary alicyclic amines) is 1. The van der Waals surface area contributed by atoms with E-state index in [0.717, 1.165) is 63.5 Å². The molecule has 1 aromatic heterocycles. The summed E-state index contributed by atoms with van der Waals surface area (Å²) in [5.41, 5.74) is 3.77. The van der Waals surface area contributed by atoms with Gasteiger partial charge in [0.2, 0.25) is 0 Å². The summed E-state index contributed by atoms with van der Waals surface area (Å²) in [7, 11) is 1.47.